The van der Waals surface area contributed by atoms with Crippen molar-refractivity contribution in [3.05, 3.63) is 24.3 Å². The monoisotopic (exact) mass is 408 g/mol. The Bertz CT molecular complexity index is 827. The summed E-state index contributed by atoms with van der Waals surface area (Å²) < 4.78 is 32.3. The Hall–Kier alpha value is -1.93. The fourth-order valence-electron chi connectivity index (χ4n) is 3.75. The number of rotatable bonds is 6. The molecular formula is C20H28N2O5S. The average Bonchev–Trinajstić information content (AvgIpc) is 3.36. The number of carbonyl (C=O) groups is 2. The minimum absolute atomic E-state index is 0.0856. The molecule has 3 rings (SSSR count). The third-order valence-corrected chi connectivity index (χ3v) is 7.21. The predicted molar refractivity (Wildman–Crippen MR) is 105 cm³/mol. The van der Waals surface area contributed by atoms with Gasteiger partial charge < -0.3 is 10.1 Å². The van der Waals surface area contributed by atoms with Gasteiger partial charge in [-0.05, 0) is 54.9 Å². The van der Waals surface area contributed by atoms with E-state index in [2.05, 4.69) is 19.2 Å². The van der Waals surface area contributed by atoms with E-state index in [0.29, 0.717) is 36.5 Å². The molecule has 0 unspecified atom stereocenters. The van der Waals surface area contributed by atoms with Gasteiger partial charge in [0.25, 0.3) is 5.91 Å². The molecule has 1 amide bonds. The SMILES string of the molecule is C[C@H]1C[C@H](C)CN(S(=O)(=O)c2ccc(NC(=O)COC(=O)[C@@H]3C[C@@H]3C)cc2)C1. The number of nitrogens with zero attached hydrogens (tertiary/aromatic N) is 1. The van der Waals surface area contributed by atoms with Crippen molar-refractivity contribution in [2.24, 2.45) is 23.7 Å². The molecule has 0 spiro atoms. The van der Waals surface area contributed by atoms with Gasteiger partial charge in [-0.3, -0.25) is 9.59 Å². The second kappa shape index (κ2) is 8.21. The van der Waals surface area contributed by atoms with Crippen LogP contribution in [-0.2, 0) is 24.3 Å². The second-order valence-corrected chi connectivity index (χ2v) is 10.2. The molecule has 1 heterocycles. The smallest absolute Gasteiger partial charge is 0.309 e. The summed E-state index contributed by atoms with van der Waals surface area (Å²) in [5, 5.41) is 2.62. The van der Waals surface area contributed by atoms with E-state index in [4.69, 9.17) is 4.74 Å². The maximum absolute atomic E-state index is 12.9. The van der Waals surface area contributed by atoms with Crippen molar-refractivity contribution < 1.29 is 22.7 Å². The van der Waals surface area contributed by atoms with Crippen LogP contribution in [0.1, 0.15) is 33.6 Å². The van der Waals surface area contributed by atoms with Crippen molar-refractivity contribution in [3.8, 4) is 0 Å². The molecule has 7 nitrogen and oxygen atoms in total. The Labute approximate surface area is 166 Å². The topological polar surface area (TPSA) is 92.8 Å². The molecule has 1 saturated heterocycles. The highest BCUT2D eigenvalue weighted by atomic mass is 32.2. The summed E-state index contributed by atoms with van der Waals surface area (Å²) in [4.78, 5) is 23.8. The Morgan fingerprint density at radius 3 is 2.18 bits per heavy atom. The number of carbonyl (C=O) groups excluding carboxylic acids is 2. The first kappa shape index (κ1) is 20.8. The molecule has 1 aliphatic heterocycles. The third-order valence-electron chi connectivity index (χ3n) is 5.37. The van der Waals surface area contributed by atoms with Crippen LogP contribution in [0.2, 0.25) is 0 Å². The first-order chi connectivity index (χ1) is 13.2. The zero-order valence-corrected chi connectivity index (χ0v) is 17.4. The van der Waals surface area contributed by atoms with E-state index >= 15 is 0 Å². The summed E-state index contributed by atoms with van der Waals surface area (Å²) in [5.41, 5.74) is 0.458. The number of amides is 1. The second-order valence-electron chi connectivity index (χ2n) is 8.27. The van der Waals surface area contributed by atoms with Crippen LogP contribution in [0.25, 0.3) is 0 Å². The summed E-state index contributed by atoms with van der Waals surface area (Å²) in [5.74, 6) is 0.121. The van der Waals surface area contributed by atoms with E-state index in [1.54, 1.807) is 12.1 Å². The molecule has 8 heteroatoms. The third kappa shape index (κ3) is 4.91. The van der Waals surface area contributed by atoms with E-state index in [1.165, 1.54) is 16.4 Å². The molecule has 2 aliphatic rings. The number of nitrogens with one attached hydrogen (secondary N) is 1. The van der Waals surface area contributed by atoms with Gasteiger partial charge in [0, 0.05) is 18.8 Å². The molecule has 28 heavy (non-hydrogen) atoms. The van der Waals surface area contributed by atoms with Gasteiger partial charge in [-0.25, -0.2) is 8.42 Å². The lowest BCUT2D eigenvalue weighted by Crippen LogP contribution is -2.42. The molecule has 1 aromatic carbocycles. The Morgan fingerprint density at radius 2 is 1.64 bits per heavy atom. The van der Waals surface area contributed by atoms with Gasteiger partial charge >= 0.3 is 5.97 Å². The van der Waals surface area contributed by atoms with Crippen LogP contribution >= 0.6 is 0 Å². The zero-order chi connectivity index (χ0) is 20.5. The van der Waals surface area contributed by atoms with E-state index in [9.17, 15) is 18.0 Å². The molecule has 1 aliphatic carbocycles. The van der Waals surface area contributed by atoms with Crippen molar-refractivity contribution >= 4 is 27.6 Å². The average molecular weight is 409 g/mol. The highest BCUT2D eigenvalue weighted by molar-refractivity contribution is 7.89. The number of anilines is 1. The minimum atomic E-state index is -3.55. The van der Waals surface area contributed by atoms with E-state index in [-0.39, 0.29) is 23.4 Å². The summed E-state index contributed by atoms with van der Waals surface area (Å²) in [7, 11) is -3.55. The number of sulfonamides is 1. The first-order valence-corrected chi connectivity index (χ1v) is 11.2. The van der Waals surface area contributed by atoms with Crippen LogP contribution in [-0.4, -0.2) is 44.3 Å². The molecule has 154 valence electrons. The Balaban J connectivity index is 1.56. The number of hydrogen-bond acceptors (Lipinski definition) is 5. The van der Waals surface area contributed by atoms with Crippen LogP contribution in [0.5, 0.6) is 0 Å². The number of piperidine rings is 1. The lowest BCUT2D eigenvalue weighted by molar-refractivity contribution is -0.148. The van der Waals surface area contributed by atoms with Crippen LogP contribution in [0.4, 0.5) is 5.69 Å². The lowest BCUT2D eigenvalue weighted by atomic mass is 9.94. The van der Waals surface area contributed by atoms with Gasteiger partial charge in [0.15, 0.2) is 6.61 Å². The molecule has 0 aromatic heterocycles. The fourth-order valence-corrected chi connectivity index (χ4v) is 5.43. The van der Waals surface area contributed by atoms with Crippen LogP contribution in [0, 0.1) is 23.7 Å². The standard InChI is InChI=1S/C20H28N2O5S/c1-13-8-14(2)11-22(10-13)28(25,26)17-6-4-16(5-7-17)21-19(23)12-27-20(24)18-9-15(18)3/h4-7,13-15,18H,8-12H2,1-3H3,(H,21,23)/t13-,14-,15-,18+/m0/s1. The Kier molecular flexibility index (Phi) is 6.09. The van der Waals surface area contributed by atoms with Crippen LogP contribution in [0.3, 0.4) is 0 Å². The van der Waals surface area contributed by atoms with Crippen molar-refractivity contribution in [1.82, 2.24) is 4.31 Å². The maximum Gasteiger partial charge on any atom is 0.309 e. The maximum atomic E-state index is 12.9. The van der Waals surface area contributed by atoms with Gasteiger partial charge in [-0.1, -0.05) is 20.8 Å². The molecule has 0 bridgehead atoms. The quantitative estimate of drug-likeness (QED) is 0.730. The normalized spacial score (nSPS) is 27.8. The summed E-state index contributed by atoms with van der Waals surface area (Å²) in [6, 6.07) is 6.08. The zero-order valence-electron chi connectivity index (χ0n) is 16.6. The molecule has 1 saturated carbocycles. The van der Waals surface area contributed by atoms with Gasteiger partial charge in [0.2, 0.25) is 10.0 Å². The molecule has 1 N–H and O–H groups in total. The van der Waals surface area contributed by atoms with Crippen LogP contribution < -0.4 is 5.32 Å². The molecular weight excluding hydrogens is 380 g/mol. The first-order valence-electron chi connectivity index (χ1n) is 9.73. The summed E-state index contributed by atoms with van der Waals surface area (Å²) >= 11 is 0. The fraction of sp³-hybridized carbons (Fsp3) is 0.600. The van der Waals surface area contributed by atoms with Gasteiger partial charge in [0.1, 0.15) is 0 Å². The molecule has 2 fully saturated rings. The number of hydrogen-bond donors (Lipinski definition) is 1. The van der Waals surface area contributed by atoms with Gasteiger partial charge in [0.05, 0.1) is 10.8 Å². The molecule has 1 aromatic rings. The van der Waals surface area contributed by atoms with Crippen molar-refractivity contribution in [2.45, 2.75) is 38.5 Å². The van der Waals surface area contributed by atoms with Crippen molar-refractivity contribution in [1.29, 1.82) is 0 Å². The molecule has 0 radical (unpaired) electrons. The van der Waals surface area contributed by atoms with Crippen molar-refractivity contribution in [2.75, 3.05) is 25.0 Å². The van der Waals surface area contributed by atoms with Gasteiger partial charge in [-0.15, -0.1) is 0 Å². The number of benzene rings is 1. The van der Waals surface area contributed by atoms with Crippen LogP contribution in [0.15, 0.2) is 29.2 Å². The predicted octanol–water partition coefficient (Wildman–Crippen LogP) is 2.49. The van der Waals surface area contributed by atoms with E-state index in [1.807, 2.05) is 6.92 Å². The van der Waals surface area contributed by atoms with E-state index < -0.39 is 15.9 Å². The largest absolute Gasteiger partial charge is 0.455 e. The van der Waals surface area contributed by atoms with E-state index in [0.717, 1.165) is 12.8 Å². The highest BCUT2D eigenvalue weighted by Crippen LogP contribution is 2.38. The highest BCUT2D eigenvalue weighted by Gasteiger charge is 2.40. The summed E-state index contributed by atoms with van der Waals surface area (Å²) in [6.07, 6.45) is 1.84. The lowest BCUT2D eigenvalue weighted by Gasteiger charge is -2.34. The molecule has 4 atom stereocenters. The number of ether oxygens (including phenoxy) is 1. The minimum Gasteiger partial charge on any atom is -0.455 e. The van der Waals surface area contributed by atoms with Gasteiger partial charge in [-0.2, -0.15) is 4.31 Å². The number of esters is 1. The Morgan fingerprint density at radius 1 is 1.07 bits per heavy atom. The van der Waals surface area contributed by atoms with Crippen molar-refractivity contribution in [3.63, 3.8) is 0 Å². The summed E-state index contributed by atoms with van der Waals surface area (Å²) in [6.45, 7) is 6.80.